The molecule has 1 N–H and O–H groups in total. The van der Waals surface area contributed by atoms with Gasteiger partial charge in [-0.3, -0.25) is 0 Å². The molecule has 2 aliphatic rings. The predicted molar refractivity (Wildman–Crippen MR) is 62.5 cm³/mol. The van der Waals surface area contributed by atoms with Crippen molar-refractivity contribution in [1.29, 1.82) is 0 Å². The van der Waals surface area contributed by atoms with Crippen LogP contribution in [-0.2, 0) is 10.2 Å². The van der Waals surface area contributed by atoms with Crippen molar-refractivity contribution in [2.75, 3.05) is 0 Å². The molecule has 2 nitrogen and oxygen atoms in total. The van der Waals surface area contributed by atoms with Crippen molar-refractivity contribution in [2.45, 2.75) is 38.4 Å². The van der Waals surface area contributed by atoms with E-state index in [-0.39, 0.29) is 17.6 Å². The van der Waals surface area contributed by atoms with Crippen LogP contribution in [0.15, 0.2) is 24.3 Å². The van der Waals surface area contributed by atoms with Crippen molar-refractivity contribution < 1.29 is 9.84 Å². The number of aromatic hydroxyl groups is 1. The molecule has 0 radical (unpaired) electrons. The van der Waals surface area contributed by atoms with Crippen LogP contribution in [0, 0.1) is 0 Å². The second-order valence-electron chi connectivity index (χ2n) is 5.57. The van der Waals surface area contributed by atoms with E-state index in [0.717, 1.165) is 5.56 Å². The van der Waals surface area contributed by atoms with E-state index in [1.807, 2.05) is 12.1 Å². The first kappa shape index (κ1) is 9.91. The van der Waals surface area contributed by atoms with Crippen LogP contribution in [0.2, 0.25) is 0 Å². The Morgan fingerprint density at radius 3 is 2.31 bits per heavy atom. The Kier molecular flexibility index (Phi) is 1.79. The van der Waals surface area contributed by atoms with E-state index in [1.165, 1.54) is 11.1 Å². The summed E-state index contributed by atoms with van der Waals surface area (Å²) in [4.78, 5) is 0. The van der Waals surface area contributed by atoms with Gasteiger partial charge >= 0.3 is 0 Å². The third kappa shape index (κ3) is 1.17. The number of hydrogen-bond donors (Lipinski definition) is 1. The fourth-order valence-corrected chi connectivity index (χ4v) is 2.66. The third-order valence-electron chi connectivity index (χ3n) is 3.40. The van der Waals surface area contributed by atoms with Gasteiger partial charge in [0, 0.05) is 5.56 Å². The van der Waals surface area contributed by atoms with Crippen LogP contribution in [0.4, 0.5) is 0 Å². The van der Waals surface area contributed by atoms with Crippen LogP contribution >= 0.6 is 0 Å². The molecule has 2 heteroatoms. The van der Waals surface area contributed by atoms with Crippen molar-refractivity contribution in [2.24, 2.45) is 0 Å². The Morgan fingerprint density at radius 2 is 1.69 bits per heavy atom. The topological polar surface area (TPSA) is 29.5 Å². The molecular weight excluding hydrogens is 200 g/mol. The molecule has 16 heavy (non-hydrogen) atoms. The number of ether oxygens (including phenoxy) is 1. The zero-order valence-electron chi connectivity index (χ0n) is 9.82. The summed E-state index contributed by atoms with van der Waals surface area (Å²) in [5, 5.41) is 9.93. The summed E-state index contributed by atoms with van der Waals surface area (Å²) >= 11 is 0. The zero-order valence-corrected chi connectivity index (χ0v) is 9.82. The molecule has 0 aliphatic carbocycles. The van der Waals surface area contributed by atoms with Crippen molar-refractivity contribution in [1.82, 2.24) is 0 Å². The van der Waals surface area contributed by atoms with Gasteiger partial charge in [0.1, 0.15) is 18.0 Å². The van der Waals surface area contributed by atoms with Crippen LogP contribution in [0.25, 0.3) is 0 Å². The molecule has 0 saturated carbocycles. The molecule has 84 valence electrons. The minimum Gasteiger partial charge on any atom is -0.508 e. The fourth-order valence-electron chi connectivity index (χ4n) is 2.66. The second-order valence-corrected chi connectivity index (χ2v) is 5.57. The summed E-state index contributed by atoms with van der Waals surface area (Å²) in [7, 11) is 0. The SMILES string of the molecule is CC(C)(C)c1ccc(O)c2c1C1C=CC2O1. The minimum absolute atomic E-state index is 0.0395. The normalized spacial score (nSPS) is 26.2. The van der Waals surface area contributed by atoms with E-state index in [2.05, 4.69) is 26.8 Å². The molecule has 0 aromatic heterocycles. The molecule has 2 bridgehead atoms. The van der Waals surface area contributed by atoms with Gasteiger partial charge in [0.2, 0.25) is 0 Å². The Labute approximate surface area is 95.6 Å². The average Bonchev–Trinajstić information content (AvgIpc) is 2.76. The maximum atomic E-state index is 9.93. The summed E-state index contributed by atoms with van der Waals surface area (Å²) < 4.78 is 5.79. The van der Waals surface area contributed by atoms with E-state index in [9.17, 15) is 5.11 Å². The molecule has 0 fully saturated rings. The van der Waals surface area contributed by atoms with Gasteiger partial charge in [-0.2, -0.15) is 0 Å². The van der Waals surface area contributed by atoms with Gasteiger partial charge in [-0.25, -0.2) is 0 Å². The van der Waals surface area contributed by atoms with Crippen LogP contribution in [-0.4, -0.2) is 5.11 Å². The minimum atomic E-state index is -0.0395. The number of phenols is 1. The first-order valence-corrected chi connectivity index (χ1v) is 5.68. The van der Waals surface area contributed by atoms with Gasteiger partial charge < -0.3 is 9.84 Å². The Hall–Kier alpha value is -1.28. The number of rotatable bonds is 0. The van der Waals surface area contributed by atoms with Crippen LogP contribution < -0.4 is 0 Å². The van der Waals surface area contributed by atoms with E-state index in [1.54, 1.807) is 6.07 Å². The molecule has 2 unspecified atom stereocenters. The van der Waals surface area contributed by atoms with Gasteiger partial charge in [0.25, 0.3) is 0 Å². The average molecular weight is 216 g/mol. The molecule has 1 aromatic rings. The molecule has 3 rings (SSSR count). The lowest BCUT2D eigenvalue weighted by Gasteiger charge is -2.25. The zero-order chi connectivity index (χ0) is 11.5. The van der Waals surface area contributed by atoms with E-state index < -0.39 is 0 Å². The second kappa shape index (κ2) is 2.89. The first-order valence-electron chi connectivity index (χ1n) is 5.68. The summed E-state index contributed by atoms with van der Waals surface area (Å²) in [6, 6.07) is 3.81. The lowest BCUT2D eigenvalue weighted by atomic mass is 9.79. The molecule has 2 heterocycles. The molecule has 1 aromatic carbocycles. The highest BCUT2D eigenvalue weighted by molar-refractivity contribution is 5.55. The smallest absolute Gasteiger partial charge is 0.122 e. The lowest BCUT2D eigenvalue weighted by molar-refractivity contribution is 0.0865. The van der Waals surface area contributed by atoms with Crippen molar-refractivity contribution in [3.63, 3.8) is 0 Å². The number of phenolic OH excluding ortho intramolecular Hbond substituents is 1. The monoisotopic (exact) mass is 216 g/mol. The first-order chi connectivity index (χ1) is 7.48. The molecule has 2 aliphatic heterocycles. The predicted octanol–water partition coefficient (Wildman–Crippen LogP) is 3.37. The Morgan fingerprint density at radius 1 is 1.06 bits per heavy atom. The van der Waals surface area contributed by atoms with Gasteiger partial charge in [0.05, 0.1) is 0 Å². The van der Waals surface area contributed by atoms with E-state index in [4.69, 9.17) is 4.74 Å². The standard InChI is InChI=1S/C14H16O2/c1-14(2,3)8-4-5-9(15)13-11-7-6-10(16-11)12(8)13/h4-7,10-11,15H,1-3H3. The van der Waals surface area contributed by atoms with Crippen LogP contribution in [0.5, 0.6) is 5.75 Å². The van der Waals surface area contributed by atoms with Crippen LogP contribution in [0.1, 0.15) is 49.7 Å². The lowest BCUT2D eigenvalue weighted by Crippen LogP contribution is -2.15. The fraction of sp³-hybridized carbons (Fsp3) is 0.429. The van der Waals surface area contributed by atoms with Crippen molar-refractivity contribution in [3.8, 4) is 5.75 Å². The summed E-state index contributed by atoms with van der Waals surface area (Å²) in [6.45, 7) is 6.57. The van der Waals surface area contributed by atoms with Crippen molar-refractivity contribution in [3.05, 3.63) is 41.0 Å². The van der Waals surface area contributed by atoms with Gasteiger partial charge in [-0.05, 0) is 22.6 Å². The maximum Gasteiger partial charge on any atom is 0.122 e. The summed E-state index contributed by atoms with van der Waals surface area (Å²) in [6.07, 6.45) is 4.12. The number of fused-ring (bicyclic) bond motifs is 5. The van der Waals surface area contributed by atoms with Gasteiger partial charge in [-0.1, -0.05) is 39.0 Å². The van der Waals surface area contributed by atoms with Crippen molar-refractivity contribution >= 4 is 0 Å². The highest BCUT2D eigenvalue weighted by Gasteiger charge is 2.39. The number of hydrogen-bond acceptors (Lipinski definition) is 2. The number of benzene rings is 1. The summed E-state index contributed by atoms with van der Waals surface area (Å²) in [5.74, 6) is 0.361. The van der Waals surface area contributed by atoms with Crippen LogP contribution in [0.3, 0.4) is 0 Å². The van der Waals surface area contributed by atoms with Gasteiger partial charge in [0.15, 0.2) is 0 Å². The molecule has 0 amide bonds. The molecule has 0 saturated heterocycles. The highest BCUT2D eigenvalue weighted by atomic mass is 16.5. The van der Waals surface area contributed by atoms with E-state index in [0.29, 0.717) is 5.75 Å². The molecule has 0 spiro atoms. The highest BCUT2D eigenvalue weighted by Crippen LogP contribution is 2.52. The molecular formula is C14H16O2. The Bertz CT molecular complexity index is 480. The quantitative estimate of drug-likeness (QED) is 0.674. The molecule has 2 atom stereocenters. The maximum absolute atomic E-state index is 9.93. The van der Waals surface area contributed by atoms with Gasteiger partial charge in [-0.15, -0.1) is 0 Å². The Balaban J connectivity index is 2.27. The summed E-state index contributed by atoms with van der Waals surface area (Å²) in [5.41, 5.74) is 3.51. The third-order valence-corrected chi connectivity index (χ3v) is 3.40. The largest absolute Gasteiger partial charge is 0.508 e. The van der Waals surface area contributed by atoms with E-state index >= 15 is 0 Å².